The van der Waals surface area contributed by atoms with Crippen molar-refractivity contribution in [2.45, 2.75) is 0 Å². The molecule has 0 radical (unpaired) electrons. The first kappa shape index (κ1) is 17.5. The molecule has 0 aliphatic heterocycles. The standard InChI is InChI=1S/C21H15ClN2O2S/c22-18-8-4-3-7-17(18)19-13-27-21(23-19)24-20(25)12-26-16-10-9-14-5-1-2-6-15(14)11-16/h1-11,13H,12H2,(H,23,24,25). The summed E-state index contributed by atoms with van der Waals surface area (Å²) in [5.74, 6) is 0.392. The van der Waals surface area contributed by atoms with Crippen molar-refractivity contribution in [3.63, 3.8) is 0 Å². The van der Waals surface area contributed by atoms with Crippen LogP contribution in [0.15, 0.2) is 72.1 Å². The number of rotatable bonds is 5. The molecule has 0 saturated carbocycles. The van der Waals surface area contributed by atoms with Gasteiger partial charge in [-0.3, -0.25) is 10.1 Å². The Bertz CT molecular complexity index is 1110. The van der Waals surface area contributed by atoms with Crippen molar-refractivity contribution in [1.29, 1.82) is 0 Å². The zero-order valence-corrected chi connectivity index (χ0v) is 15.8. The Balaban J connectivity index is 1.39. The lowest BCUT2D eigenvalue weighted by Crippen LogP contribution is -2.20. The Hall–Kier alpha value is -2.89. The van der Waals surface area contributed by atoms with Crippen LogP contribution < -0.4 is 10.1 Å². The molecule has 4 rings (SSSR count). The summed E-state index contributed by atoms with van der Waals surface area (Å²) in [4.78, 5) is 16.6. The van der Waals surface area contributed by atoms with Gasteiger partial charge in [0.15, 0.2) is 11.7 Å². The van der Waals surface area contributed by atoms with Crippen LogP contribution >= 0.6 is 22.9 Å². The summed E-state index contributed by atoms with van der Waals surface area (Å²) in [6, 6.07) is 21.2. The Morgan fingerprint density at radius 1 is 1.04 bits per heavy atom. The van der Waals surface area contributed by atoms with Crippen LogP contribution in [-0.4, -0.2) is 17.5 Å². The molecular weight excluding hydrogens is 380 g/mol. The quantitative estimate of drug-likeness (QED) is 0.477. The van der Waals surface area contributed by atoms with Gasteiger partial charge >= 0.3 is 0 Å². The minimum Gasteiger partial charge on any atom is -0.484 e. The van der Waals surface area contributed by atoms with Crippen LogP contribution in [0.5, 0.6) is 5.75 Å². The van der Waals surface area contributed by atoms with Gasteiger partial charge in [0.2, 0.25) is 0 Å². The van der Waals surface area contributed by atoms with E-state index >= 15 is 0 Å². The highest BCUT2D eigenvalue weighted by molar-refractivity contribution is 7.14. The number of thiazole rings is 1. The lowest BCUT2D eigenvalue weighted by Gasteiger charge is -2.07. The van der Waals surface area contributed by atoms with E-state index in [0.29, 0.717) is 15.9 Å². The van der Waals surface area contributed by atoms with Crippen LogP contribution in [0.3, 0.4) is 0 Å². The Kier molecular flexibility index (Phi) is 5.05. The number of aromatic nitrogens is 1. The molecule has 1 N–H and O–H groups in total. The third kappa shape index (κ3) is 4.10. The number of carbonyl (C=O) groups excluding carboxylic acids is 1. The smallest absolute Gasteiger partial charge is 0.264 e. The molecule has 4 aromatic rings. The lowest BCUT2D eigenvalue weighted by molar-refractivity contribution is -0.118. The molecule has 0 fully saturated rings. The van der Waals surface area contributed by atoms with E-state index in [1.807, 2.05) is 72.1 Å². The molecular formula is C21H15ClN2O2S. The van der Waals surface area contributed by atoms with Gasteiger partial charge in [-0.15, -0.1) is 11.3 Å². The first-order chi connectivity index (χ1) is 13.2. The maximum atomic E-state index is 12.2. The van der Waals surface area contributed by atoms with Crippen LogP contribution in [0.2, 0.25) is 5.02 Å². The summed E-state index contributed by atoms with van der Waals surface area (Å²) in [6.45, 7) is -0.0840. The van der Waals surface area contributed by atoms with Gasteiger partial charge < -0.3 is 4.74 Å². The average Bonchev–Trinajstić information content (AvgIpc) is 3.14. The number of anilines is 1. The van der Waals surface area contributed by atoms with Crippen molar-refractivity contribution in [2.75, 3.05) is 11.9 Å². The van der Waals surface area contributed by atoms with Crippen LogP contribution in [0.25, 0.3) is 22.0 Å². The van der Waals surface area contributed by atoms with Gasteiger partial charge in [0.1, 0.15) is 5.75 Å². The van der Waals surface area contributed by atoms with E-state index in [0.717, 1.165) is 22.0 Å². The van der Waals surface area contributed by atoms with E-state index in [1.54, 1.807) is 0 Å². The molecule has 0 bridgehead atoms. The Morgan fingerprint density at radius 3 is 2.67 bits per heavy atom. The second-order valence-electron chi connectivity index (χ2n) is 5.86. The highest BCUT2D eigenvalue weighted by Gasteiger charge is 2.10. The maximum absolute atomic E-state index is 12.2. The molecule has 0 atom stereocenters. The molecule has 1 amide bonds. The van der Waals surface area contributed by atoms with Crippen LogP contribution in [0.1, 0.15) is 0 Å². The van der Waals surface area contributed by atoms with Gasteiger partial charge in [0.05, 0.1) is 5.69 Å². The number of ether oxygens (including phenoxy) is 1. The summed E-state index contributed by atoms with van der Waals surface area (Å²) in [7, 11) is 0. The highest BCUT2D eigenvalue weighted by Crippen LogP contribution is 2.30. The summed E-state index contributed by atoms with van der Waals surface area (Å²) in [5.41, 5.74) is 1.57. The fourth-order valence-corrected chi connectivity index (χ4v) is 3.64. The third-order valence-electron chi connectivity index (χ3n) is 3.99. The summed E-state index contributed by atoms with van der Waals surface area (Å²) >= 11 is 7.54. The minimum absolute atomic E-state index is 0.0840. The molecule has 0 aliphatic rings. The van der Waals surface area contributed by atoms with Gasteiger partial charge in [0, 0.05) is 16.0 Å². The molecule has 1 heterocycles. The SMILES string of the molecule is O=C(COc1ccc2ccccc2c1)Nc1nc(-c2ccccc2Cl)cs1. The summed E-state index contributed by atoms with van der Waals surface area (Å²) in [6.07, 6.45) is 0. The second kappa shape index (κ2) is 7.78. The van der Waals surface area contributed by atoms with E-state index < -0.39 is 0 Å². The van der Waals surface area contributed by atoms with E-state index in [2.05, 4.69) is 10.3 Å². The van der Waals surface area contributed by atoms with Crippen molar-refractivity contribution in [1.82, 2.24) is 4.98 Å². The molecule has 4 nitrogen and oxygen atoms in total. The Labute approximate surface area is 165 Å². The number of nitrogens with zero attached hydrogens (tertiary/aromatic N) is 1. The van der Waals surface area contributed by atoms with Crippen molar-refractivity contribution in [2.24, 2.45) is 0 Å². The van der Waals surface area contributed by atoms with Gasteiger partial charge in [-0.2, -0.15) is 0 Å². The zero-order valence-electron chi connectivity index (χ0n) is 14.2. The molecule has 6 heteroatoms. The van der Waals surface area contributed by atoms with E-state index in [4.69, 9.17) is 16.3 Å². The second-order valence-corrected chi connectivity index (χ2v) is 7.13. The molecule has 3 aromatic carbocycles. The predicted molar refractivity (Wildman–Crippen MR) is 111 cm³/mol. The number of hydrogen-bond acceptors (Lipinski definition) is 4. The van der Waals surface area contributed by atoms with Crippen molar-refractivity contribution >= 4 is 44.7 Å². The van der Waals surface area contributed by atoms with Crippen molar-refractivity contribution < 1.29 is 9.53 Å². The van der Waals surface area contributed by atoms with Gasteiger partial charge in [-0.05, 0) is 29.0 Å². The molecule has 0 aliphatic carbocycles. The van der Waals surface area contributed by atoms with Gasteiger partial charge in [-0.1, -0.05) is 60.1 Å². The van der Waals surface area contributed by atoms with Crippen LogP contribution in [0.4, 0.5) is 5.13 Å². The summed E-state index contributed by atoms with van der Waals surface area (Å²) < 4.78 is 5.60. The maximum Gasteiger partial charge on any atom is 0.264 e. The first-order valence-electron chi connectivity index (χ1n) is 8.31. The topological polar surface area (TPSA) is 51.2 Å². The predicted octanol–water partition coefficient (Wildman–Crippen LogP) is 5.63. The Morgan fingerprint density at radius 2 is 1.81 bits per heavy atom. The number of benzene rings is 3. The molecule has 1 aromatic heterocycles. The van der Waals surface area contributed by atoms with Crippen molar-refractivity contribution in [3.05, 3.63) is 77.1 Å². The van der Waals surface area contributed by atoms with E-state index in [1.165, 1.54) is 11.3 Å². The van der Waals surface area contributed by atoms with Gasteiger partial charge in [0.25, 0.3) is 5.91 Å². The summed E-state index contributed by atoms with van der Waals surface area (Å²) in [5, 5.41) is 7.96. The highest BCUT2D eigenvalue weighted by atomic mass is 35.5. The van der Waals surface area contributed by atoms with E-state index in [9.17, 15) is 4.79 Å². The number of hydrogen-bond donors (Lipinski definition) is 1. The van der Waals surface area contributed by atoms with Crippen molar-refractivity contribution in [3.8, 4) is 17.0 Å². The number of halogens is 1. The van der Waals surface area contributed by atoms with E-state index in [-0.39, 0.29) is 12.5 Å². The fraction of sp³-hybridized carbons (Fsp3) is 0.0476. The van der Waals surface area contributed by atoms with Gasteiger partial charge in [-0.25, -0.2) is 4.98 Å². The molecule has 0 saturated heterocycles. The van der Waals surface area contributed by atoms with Crippen LogP contribution in [-0.2, 0) is 4.79 Å². The molecule has 0 unspecified atom stereocenters. The number of amides is 1. The number of nitrogens with one attached hydrogen (secondary N) is 1. The molecule has 27 heavy (non-hydrogen) atoms. The lowest BCUT2D eigenvalue weighted by atomic mass is 10.1. The normalized spacial score (nSPS) is 10.7. The zero-order chi connectivity index (χ0) is 18.6. The minimum atomic E-state index is -0.261. The van der Waals surface area contributed by atoms with Crippen LogP contribution in [0, 0.1) is 0 Å². The average molecular weight is 395 g/mol. The largest absolute Gasteiger partial charge is 0.484 e. The molecule has 0 spiro atoms. The third-order valence-corrected chi connectivity index (χ3v) is 5.08. The number of fused-ring (bicyclic) bond motifs is 1. The monoisotopic (exact) mass is 394 g/mol. The number of carbonyl (C=O) groups is 1. The fourth-order valence-electron chi connectivity index (χ4n) is 2.69. The first-order valence-corrected chi connectivity index (χ1v) is 9.57. The molecule has 134 valence electrons.